The molecule has 2 aromatic carbocycles. The zero-order chi connectivity index (χ0) is 23.1. The van der Waals surface area contributed by atoms with E-state index in [1.54, 1.807) is 6.07 Å². The number of rotatable bonds is 8. The summed E-state index contributed by atoms with van der Waals surface area (Å²) in [6.45, 7) is 4.60. The Labute approximate surface area is 187 Å². The Kier molecular flexibility index (Phi) is 8.01. The molecule has 0 aromatic heterocycles. The largest absolute Gasteiger partial charge is 0.416 e. The minimum absolute atomic E-state index is 0.0648. The van der Waals surface area contributed by atoms with Gasteiger partial charge in [-0.3, -0.25) is 9.69 Å². The van der Waals surface area contributed by atoms with E-state index in [0.29, 0.717) is 30.9 Å². The molecule has 0 radical (unpaired) electrons. The van der Waals surface area contributed by atoms with Crippen molar-refractivity contribution in [1.82, 2.24) is 10.2 Å². The number of alkyl halides is 3. The van der Waals surface area contributed by atoms with E-state index in [9.17, 15) is 18.0 Å². The topological polar surface area (TPSA) is 38.8 Å². The molecule has 0 bridgehead atoms. The molecule has 2 aromatic rings. The highest BCUT2D eigenvalue weighted by Gasteiger charge is 2.31. The second-order valence-electron chi connectivity index (χ2n) is 8.28. The Morgan fingerprint density at radius 3 is 2.31 bits per heavy atom. The smallest absolute Gasteiger partial charge is 0.378 e. The molecule has 5 nitrogen and oxygen atoms in total. The number of unbranched alkanes of at least 4 members (excludes halogenated alkanes) is 1. The van der Waals surface area contributed by atoms with Crippen molar-refractivity contribution in [2.24, 2.45) is 0 Å². The number of benzene rings is 2. The van der Waals surface area contributed by atoms with E-state index in [-0.39, 0.29) is 5.91 Å². The van der Waals surface area contributed by atoms with Crippen molar-refractivity contribution in [3.8, 4) is 0 Å². The van der Waals surface area contributed by atoms with Crippen LogP contribution in [-0.2, 0) is 6.18 Å². The average molecular weight is 449 g/mol. The normalized spacial score (nSPS) is 15.0. The maximum Gasteiger partial charge on any atom is 0.416 e. The number of halogens is 3. The molecule has 0 saturated carbocycles. The van der Waals surface area contributed by atoms with Gasteiger partial charge < -0.3 is 15.1 Å². The summed E-state index contributed by atoms with van der Waals surface area (Å²) >= 11 is 0. The molecule has 1 amide bonds. The highest BCUT2D eigenvalue weighted by molar-refractivity contribution is 5.94. The van der Waals surface area contributed by atoms with Gasteiger partial charge in [-0.05, 0) is 61.9 Å². The monoisotopic (exact) mass is 448 g/mol. The molecule has 8 heteroatoms. The quantitative estimate of drug-likeness (QED) is 0.617. The van der Waals surface area contributed by atoms with E-state index in [0.717, 1.165) is 44.2 Å². The van der Waals surface area contributed by atoms with Gasteiger partial charge in [-0.1, -0.05) is 6.07 Å². The standard InChI is InChI=1S/C24H31F3N4O/c1-29(2)21-10-8-19(9-11-21)23(32)28-12-3-4-13-30-14-16-31(17-15-30)22-7-5-6-20(18-22)24(25,26)27/h5-11,18H,3-4,12-17H2,1-2H3,(H,28,32). The number of hydrogen-bond acceptors (Lipinski definition) is 4. The Hall–Kier alpha value is -2.74. The zero-order valence-corrected chi connectivity index (χ0v) is 18.7. The predicted molar refractivity (Wildman–Crippen MR) is 122 cm³/mol. The second kappa shape index (κ2) is 10.7. The molecule has 3 rings (SSSR count). The molecule has 1 N–H and O–H groups in total. The lowest BCUT2D eigenvalue weighted by Gasteiger charge is -2.36. The average Bonchev–Trinajstić information content (AvgIpc) is 2.78. The SMILES string of the molecule is CN(C)c1ccc(C(=O)NCCCCN2CCN(c3cccc(C(F)(F)F)c3)CC2)cc1. The van der Waals surface area contributed by atoms with Gasteiger partial charge in [0.15, 0.2) is 0 Å². The van der Waals surface area contributed by atoms with E-state index in [4.69, 9.17) is 0 Å². The number of nitrogens with zero attached hydrogens (tertiary/aromatic N) is 3. The highest BCUT2D eigenvalue weighted by Crippen LogP contribution is 2.31. The van der Waals surface area contributed by atoms with Gasteiger partial charge in [0.25, 0.3) is 5.91 Å². The molecule has 1 heterocycles. The van der Waals surface area contributed by atoms with Gasteiger partial charge >= 0.3 is 6.18 Å². The van der Waals surface area contributed by atoms with E-state index in [1.807, 2.05) is 48.2 Å². The lowest BCUT2D eigenvalue weighted by atomic mass is 10.1. The third-order valence-electron chi connectivity index (χ3n) is 5.74. The molecular weight excluding hydrogens is 417 g/mol. The molecule has 1 saturated heterocycles. The fraction of sp³-hybridized carbons (Fsp3) is 0.458. The first-order valence-electron chi connectivity index (χ1n) is 10.9. The molecule has 0 unspecified atom stereocenters. The summed E-state index contributed by atoms with van der Waals surface area (Å²) in [6, 6.07) is 13.0. The van der Waals surface area contributed by atoms with Crippen molar-refractivity contribution in [2.75, 3.05) is 63.2 Å². The first-order chi connectivity index (χ1) is 15.2. The zero-order valence-electron chi connectivity index (χ0n) is 18.7. The minimum atomic E-state index is -4.32. The van der Waals surface area contributed by atoms with Crippen LogP contribution in [0.3, 0.4) is 0 Å². The van der Waals surface area contributed by atoms with Crippen LogP contribution in [0.25, 0.3) is 0 Å². The summed E-state index contributed by atoms with van der Waals surface area (Å²) < 4.78 is 38.8. The second-order valence-corrected chi connectivity index (χ2v) is 8.28. The Balaban J connectivity index is 1.34. The van der Waals surface area contributed by atoms with Gasteiger partial charge in [-0.25, -0.2) is 0 Å². The van der Waals surface area contributed by atoms with Crippen LogP contribution in [0.1, 0.15) is 28.8 Å². The maximum absolute atomic E-state index is 12.9. The summed E-state index contributed by atoms with van der Waals surface area (Å²) in [4.78, 5) is 18.6. The highest BCUT2D eigenvalue weighted by atomic mass is 19.4. The Morgan fingerprint density at radius 1 is 1.00 bits per heavy atom. The number of hydrogen-bond donors (Lipinski definition) is 1. The summed E-state index contributed by atoms with van der Waals surface area (Å²) in [6.07, 6.45) is -2.47. The van der Waals surface area contributed by atoms with E-state index >= 15 is 0 Å². The predicted octanol–water partition coefficient (Wildman–Crippen LogP) is 4.10. The molecule has 32 heavy (non-hydrogen) atoms. The van der Waals surface area contributed by atoms with E-state index < -0.39 is 11.7 Å². The van der Waals surface area contributed by atoms with Gasteiger partial charge in [-0.2, -0.15) is 13.2 Å². The molecular formula is C24H31F3N4O. The van der Waals surface area contributed by atoms with Crippen LogP contribution >= 0.6 is 0 Å². The van der Waals surface area contributed by atoms with Crippen LogP contribution in [0.5, 0.6) is 0 Å². The molecule has 0 spiro atoms. The fourth-order valence-electron chi connectivity index (χ4n) is 3.78. The summed E-state index contributed by atoms with van der Waals surface area (Å²) in [5.74, 6) is -0.0648. The van der Waals surface area contributed by atoms with Crippen LogP contribution in [0, 0.1) is 0 Å². The fourth-order valence-corrected chi connectivity index (χ4v) is 3.78. The van der Waals surface area contributed by atoms with Crippen LogP contribution in [0.4, 0.5) is 24.5 Å². The van der Waals surface area contributed by atoms with Gasteiger partial charge in [0.2, 0.25) is 0 Å². The van der Waals surface area contributed by atoms with Gasteiger partial charge in [0, 0.05) is 63.8 Å². The van der Waals surface area contributed by atoms with Crippen molar-refractivity contribution in [3.63, 3.8) is 0 Å². The molecule has 0 atom stereocenters. The van der Waals surface area contributed by atoms with Crippen LogP contribution < -0.4 is 15.1 Å². The van der Waals surface area contributed by atoms with Gasteiger partial charge in [0.1, 0.15) is 0 Å². The van der Waals surface area contributed by atoms with Crippen molar-refractivity contribution in [1.29, 1.82) is 0 Å². The Morgan fingerprint density at radius 2 is 1.69 bits per heavy atom. The Bertz CT molecular complexity index is 876. The minimum Gasteiger partial charge on any atom is -0.378 e. The molecule has 1 aliphatic heterocycles. The number of anilines is 2. The number of piperazine rings is 1. The number of nitrogens with one attached hydrogen (secondary N) is 1. The third kappa shape index (κ3) is 6.63. The molecule has 0 aliphatic carbocycles. The molecule has 174 valence electrons. The van der Waals surface area contributed by atoms with E-state index in [2.05, 4.69) is 10.2 Å². The molecule has 1 fully saturated rings. The van der Waals surface area contributed by atoms with Crippen molar-refractivity contribution < 1.29 is 18.0 Å². The summed E-state index contributed by atoms with van der Waals surface area (Å²) in [5, 5.41) is 2.96. The number of carbonyl (C=O) groups excluding carboxylic acids is 1. The van der Waals surface area contributed by atoms with Crippen LogP contribution in [0.15, 0.2) is 48.5 Å². The number of carbonyl (C=O) groups is 1. The van der Waals surface area contributed by atoms with Crippen LogP contribution in [0.2, 0.25) is 0 Å². The van der Waals surface area contributed by atoms with Crippen molar-refractivity contribution in [3.05, 3.63) is 59.7 Å². The maximum atomic E-state index is 12.9. The lowest BCUT2D eigenvalue weighted by Crippen LogP contribution is -2.46. The molecule has 1 aliphatic rings. The summed E-state index contributed by atoms with van der Waals surface area (Å²) in [5.41, 5.74) is 1.73. The van der Waals surface area contributed by atoms with Crippen LogP contribution in [-0.4, -0.2) is 64.2 Å². The van der Waals surface area contributed by atoms with Gasteiger partial charge in [0.05, 0.1) is 5.56 Å². The van der Waals surface area contributed by atoms with E-state index in [1.165, 1.54) is 12.1 Å². The van der Waals surface area contributed by atoms with Crippen molar-refractivity contribution in [2.45, 2.75) is 19.0 Å². The lowest BCUT2D eigenvalue weighted by molar-refractivity contribution is -0.137. The number of amides is 1. The summed E-state index contributed by atoms with van der Waals surface area (Å²) in [7, 11) is 3.92. The van der Waals surface area contributed by atoms with Crippen molar-refractivity contribution >= 4 is 17.3 Å². The third-order valence-corrected chi connectivity index (χ3v) is 5.74. The first-order valence-corrected chi connectivity index (χ1v) is 10.9. The van der Waals surface area contributed by atoms with Gasteiger partial charge in [-0.15, -0.1) is 0 Å². The first kappa shape index (κ1) is 23.9.